The Bertz CT molecular complexity index is 361. The monoisotopic (exact) mass is 189 g/mol. The van der Waals surface area contributed by atoms with E-state index < -0.39 is 17.7 Å². The highest BCUT2D eigenvalue weighted by molar-refractivity contribution is 5.48. The van der Waals surface area contributed by atoms with Gasteiger partial charge in [0.15, 0.2) is 0 Å². The van der Waals surface area contributed by atoms with Gasteiger partial charge in [-0.2, -0.15) is 0 Å². The van der Waals surface area contributed by atoms with Crippen molar-refractivity contribution in [1.29, 1.82) is 0 Å². The number of aromatic amines is 1. The number of alkyl halides is 2. The van der Waals surface area contributed by atoms with Gasteiger partial charge in [0.2, 0.25) is 5.56 Å². The smallest absolute Gasteiger partial charge is 0.278 e. The van der Waals surface area contributed by atoms with Crippen molar-refractivity contribution < 1.29 is 8.78 Å². The first-order valence-electron chi connectivity index (χ1n) is 3.56. The predicted octanol–water partition coefficient (Wildman–Crippen LogP) is 0.353. The lowest BCUT2D eigenvalue weighted by Gasteiger charge is -2.08. The van der Waals surface area contributed by atoms with Crippen LogP contribution in [0.25, 0.3) is 0 Å². The van der Waals surface area contributed by atoms with Crippen molar-refractivity contribution in [2.24, 2.45) is 5.73 Å². The standard InChI is InChI=1S/C7H9F2N3O/c8-7(9)6-3(2-10)4(11)1-5(13)12-6/h1,7H,2,10H2,(H3,11,12,13). The van der Waals surface area contributed by atoms with Crippen LogP contribution < -0.4 is 17.0 Å². The van der Waals surface area contributed by atoms with Gasteiger partial charge in [0.1, 0.15) is 0 Å². The number of nitrogen functional groups attached to an aromatic ring is 1. The summed E-state index contributed by atoms with van der Waals surface area (Å²) in [5.41, 5.74) is 9.49. The van der Waals surface area contributed by atoms with E-state index >= 15 is 0 Å². The molecule has 0 aliphatic carbocycles. The number of rotatable bonds is 2. The van der Waals surface area contributed by atoms with Crippen molar-refractivity contribution in [3.63, 3.8) is 0 Å². The highest BCUT2D eigenvalue weighted by Gasteiger charge is 2.15. The van der Waals surface area contributed by atoms with Crippen molar-refractivity contribution in [1.82, 2.24) is 4.98 Å². The minimum atomic E-state index is -2.77. The zero-order valence-corrected chi connectivity index (χ0v) is 6.68. The molecule has 0 atom stereocenters. The molecule has 13 heavy (non-hydrogen) atoms. The van der Waals surface area contributed by atoms with Gasteiger partial charge in [-0.05, 0) is 0 Å². The van der Waals surface area contributed by atoms with Crippen molar-refractivity contribution in [2.75, 3.05) is 5.73 Å². The Hall–Kier alpha value is -1.43. The summed E-state index contributed by atoms with van der Waals surface area (Å²) in [5.74, 6) is 0. The third-order valence-corrected chi connectivity index (χ3v) is 1.64. The summed E-state index contributed by atoms with van der Waals surface area (Å²) in [6.45, 7) is -0.123. The number of hydrogen-bond donors (Lipinski definition) is 3. The molecule has 6 heteroatoms. The minimum absolute atomic E-state index is 0.00144. The maximum absolute atomic E-state index is 12.3. The molecule has 0 spiro atoms. The van der Waals surface area contributed by atoms with Crippen molar-refractivity contribution in [2.45, 2.75) is 13.0 Å². The Labute approximate surface area is 72.6 Å². The SMILES string of the molecule is NCc1c(N)cc(=O)[nH]c1C(F)F. The van der Waals surface area contributed by atoms with Crippen LogP contribution in [-0.2, 0) is 6.54 Å². The number of nitrogens with two attached hydrogens (primary N) is 2. The van der Waals surface area contributed by atoms with E-state index in [1.54, 1.807) is 0 Å². The van der Waals surface area contributed by atoms with E-state index in [0.717, 1.165) is 6.07 Å². The quantitative estimate of drug-likeness (QED) is 0.627. The van der Waals surface area contributed by atoms with E-state index in [1.165, 1.54) is 0 Å². The van der Waals surface area contributed by atoms with Crippen LogP contribution in [0.2, 0.25) is 0 Å². The summed E-state index contributed by atoms with van der Waals surface area (Å²) in [5, 5.41) is 0. The zero-order chi connectivity index (χ0) is 10.0. The molecule has 0 bridgehead atoms. The topological polar surface area (TPSA) is 84.9 Å². The summed E-state index contributed by atoms with van der Waals surface area (Å²) in [6, 6.07) is 1.04. The van der Waals surface area contributed by atoms with Crippen molar-refractivity contribution >= 4 is 5.69 Å². The van der Waals surface area contributed by atoms with Gasteiger partial charge in [0.05, 0.1) is 5.69 Å². The Morgan fingerprint density at radius 2 is 2.15 bits per heavy atom. The largest absolute Gasteiger partial charge is 0.398 e. The molecule has 0 saturated heterocycles. The molecule has 0 aromatic carbocycles. The van der Waals surface area contributed by atoms with Crippen LogP contribution >= 0.6 is 0 Å². The lowest BCUT2D eigenvalue weighted by molar-refractivity contribution is 0.144. The fourth-order valence-corrected chi connectivity index (χ4v) is 1.04. The molecule has 0 aliphatic heterocycles. The molecule has 0 amide bonds. The van der Waals surface area contributed by atoms with E-state index in [4.69, 9.17) is 11.5 Å². The lowest BCUT2D eigenvalue weighted by Crippen LogP contribution is -2.16. The summed E-state index contributed by atoms with van der Waals surface area (Å²) < 4.78 is 24.6. The molecule has 1 aromatic rings. The molecule has 4 nitrogen and oxygen atoms in total. The van der Waals surface area contributed by atoms with E-state index in [0.29, 0.717) is 0 Å². The Morgan fingerprint density at radius 3 is 2.62 bits per heavy atom. The molecular weight excluding hydrogens is 180 g/mol. The van der Waals surface area contributed by atoms with Gasteiger partial charge >= 0.3 is 0 Å². The lowest BCUT2D eigenvalue weighted by atomic mass is 10.1. The van der Waals surface area contributed by atoms with Crippen LogP contribution in [0.4, 0.5) is 14.5 Å². The van der Waals surface area contributed by atoms with Gasteiger partial charge in [-0.15, -0.1) is 0 Å². The number of H-pyrrole nitrogens is 1. The third kappa shape index (κ3) is 1.83. The summed E-state index contributed by atoms with van der Waals surface area (Å²) in [6.07, 6.45) is -2.77. The molecule has 1 rings (SSSR count). The highest BCUT2D eigenvalue weighted by atomic mass is 19.3. The van der Waals surface area contributed by atoms with Gasteiger partial charge in [-0.25, -0.2) is 8.78 Å². The summed E-state index contributed by atoms with van der Waals surface area (Å²) >= 11 is 0. The molecular formula is C7H9F2N3O. The highest BCUT2D eigenvalue weighted by Crippen LogP contribution is 2.22. The van der Waals surface area contributed by atoms with Crippen molar-refractivity contribution in [3.05, 3.63) is 27.7 Å². The summed E-state index contributed by atoms with van der Waals surface area (Å²) in [7, 11) is 0. The maximum atomic E-state index is 12.3. The first-order valence-corrected chi connectivity index (χ1v) is 3.56. The van der Waals surface area contributed by atoms with Crippen LogP contribution in [0.1, 0.15) is 17.7 Å². The van der Waals surface area contributed by atoms with Gasteiger partial charge in [-0.3, -0.25) is 4.79 Å². The van der Waals surface area contributed by atoms with Crippen LogP contribution in [0.15, 0.2) is 10.9 Å². The Balaban J connectivity index is 3.38. The van der Waals surface area contributed by atoms with Gasteiger partial charge in [0.25, 0.3) is 6.43 Å². The second kappa shape index (κ2) is 3.53. The zero-order valence-electron chi connectivity index (χ0n) is 6.68. The van der Waals surface area contributed by atoms with Crippen LogP contribution in [0.5, 0.6) is 0 Å². The Morgan fingerprint density at radius 1 is 1.54 bits per heavy atom. The van der Waals surface area contributed by atoms with E-state index in [-0.39, 0.29) is 17.8 Å². The third-order valence-electron chi connectivity index (χ3n) is 1.64. The van der Waals surface area contributed by atoms with E-state index in [1.807, 2.05) is 4.98 Å². The number of nitrogens with one attached hydrogen (secondary N) is 1. The van der Waals surface area contributed by atoms with E-state index in [2.05, 4.69) is 0 Å². The van der Waals surface area contributed by atoms with Gasteiger partial charge in [0, 0.05) is 23.9 Å². The predicted molar refractivity (Wildman–Crippen MR) is 44.3 cm³/mol. The molecule has 1 heterocycles. The fraction of sp³-hybridized carbons (Fsp3) is 0.286. The first-order chi connectivity index (χ1) is 6.06. The minimum Gasteiger partial charge on any atom is -0.398 e. The number of pyridine rings is 1. The van der Waals surface area contributed by atoms with Crippen LogP contribution in [-0.4, -0.2) is 4.98 Å². The normalized spacial score (nSPS) is 10.8. The molecule has 0 saturated carbocycles. The Kier molecular flexibility index (Phi) is 2.62. The molecule has 5 N–H and O–H groups in total. The number of aromatic nitrogens is 1. The van der Waals surface area contributed by atoms with Crippen molar-refractivity contribution in [3.8, 4) is 0 Å². The molecule has 0 aliphatic rings. The number of anilines is 1. The molecule has 0 fully saturated rings. The molecule has 0 radical (unpaired) electrons. The average Bonchev–Trinajstić information content (AvgIpc) is 2.02. The maximum Gasteiger partial charge on any atom is 0.278 e. The average molecular weight is 189 g/mol. The second-order valence-corrected chi connectivity index (χ2v) is 2.49. The van der Waals surface area contributed by atoms with Gasteiger partial charge in [-0.1, -0.05) is 0 Å². The van der Waals surface area contributed by atoms with E-state index in [9.17, 15) is 13.6 Å². The van der Waals surface area contributed by atoms with Crippen LogP contribution in [0, 0.1) is 0 Å². The van der Waals surface area contributed by atoms with Gasteiger partial charge < -0.3 is 16.5 Å². The summed E-state index contributed by atoms with van der Waals surface area (Å²) in [4.78, 5) is 12.8. The fourth-order valence-electron chi connectivity index (χ4n) is 1.04. The molecule has 1 aromatic heterocycles. The van der Waals surface area contributed by atoms with Crippen LogP contribution in [0.3, 0.4) is 0 Å². The second-order valence-electron chi connectivity index (χ2n) is 2.49. The first kappa shape index (κ1) is 9.66. The number of hydrogen-bond acceptors (Lipinski definition) is 3. The molecule has 0 unspecified atom stereocenters. The molecule has 72 valence electrons. The number of halogens is 2.